The topological polar surface area (TPSA) is 118 Å². The van der Waals surface area contributed by atoms with Crippen LogP contribution in [0.4, 0.5) is 0 Å². The maximum atomic E-state index is 12.1. The highest BCUT2D eigenvalue weighted by Gasteiger charge is 2.12. The summed E-state index contributed by atoms with van der Waals surface area (Å²) in [6.45, 7) is 1.76. The van der Waals surface area contributed by atoms with Gasteiger partial charge in [-0.05, 0) is 19.1 Å². The minimum absolute atomic E-state index is 0.0685. The Kier molecular flexibility index (Phi) is 6.01. The largest absolute Gasteiger partial charge is 0.497 e. The lowest BCUT2D eigenvalue weighted by atomic mass is 10.2. The summed E-state index contributed by atoms with van der Waals surface area (Å²) >= 11 is 1.15. The summed E-state index contributed by atoms with van der Waals surface area (Å²) in [6.07, 6.45) is 0. The predicted molar refractivity (Wildman–Crippen MR) is 87.0 cm³/mol. The van der Waals surface area contributed by atoms with Gasteiger partial charge in [-0.25, -0.2) is 4.98 Å². The molecule has 1 aromatic heterocycles. The molecule has 0 aliphatic heterocycles. The van der Waals surface area contributed by atoms with E-state index in [0.717, 1.165) is 11.8 Å². The number of methoxy groups -OCH3 is 2. The number of carbonyl (C=O) groups is 2. The SMILES string of the molecule is COc1cc(OC)cc(C(=O)NNC(=O)CSc2n[nH]c(C)n2)c1. The van der Waals surface area contributed by atoms with Crippen LogP contribution in [0.25, 0.3) is 0 Å². The van der Waals surface area contributed by atoms with E-state index in [1.165, 1.54) is 26.4 Å². The molecule has 0 saturated carbocycles. The van der Waals surface area contributed by atoms with Crippen molar-refractivity contribution >= 4 is 23.6 Å². The maximum Gasteiger partial charge on any atom is 0.269 e. The molecule has 2 rings (SSSR count). The van der Waals surface area contributed by atoms with Crippen LogP contribution in [-0.4, -0.2) is 47.0 Å². The average Bonchev–Trinajstić information content (AvgIpc) is 3.02. The summed E-state index contributed by atoms with van der Waals surface area (Å²) in [7, 11) is 2.97. The number of H-pyrrole nitrogens is 1. The van der Waals surface area contributed by atoms with Gasteiger partial charge in [-0.2, -0.15) is 0 Å². The van der Waals surface area contributed by atoms with Crippen molar-refractivity contribution in [3.05, 3.63) is 29.6 Å². The van der Waals surface area contributed by atoms with E-state index in [-0.39, 0.29) is 11.7 Å². The second kappa shape index (κ2) is 8.20. The molecule has 128 valence electrons. The van der Waals surface area contributed by atoms with Gasteiger partial charge in [-0.1, -0.05) is 11.8 Å². The summed E-state index contributed by atoms with van der Waals surface area (Å²) < 4.78 is 10.2. The Labute approximate surface area is 142 Å². The Morgan fingerprint density at radius 3 is 2.38 bits per heavy atom. The smallest absolute Gasteiger partial charge is 0.269 e. The zero-order valence-electron chi connectivity index (χ0n) is 13.4. The van der Waals surface area contributed by atoms with E-state index in [1.54, 1.807) is 13.0 Å². The van der Waals surface area contributed by atoms with E-state index < -0.39 is 5.91 Å². The number of ether oxygens (including phenoxy) is 2. The Morgan fingerprint density at radius 1 is 1.17 bits per heavy atom. The monoisotopic (exact) mass is 351 g/mol. The minimum atomic E-state index is -0.487. The van der Waals surface area contributed by atoms with Crippen LogP contribution in [0.15, 0.2) is 23.4 Å². The number of aromatic amines is 1. The molecule has 2 aromatic rings. The number of rotatable bonds is 6. The summed E-state index contributed by atoms with van der Waals surface area (Å²) in [4.78, 5) is 27.9. The quantitative estimate of drug-likeness (QED) is 0.517. The Morgan fingerprint density at radius 2 is 1.83 bits per heavy atom. The highest BCUT2D eigenvalue weighted by Crippen LogP contribution is 2.22. The molecule has 0 atom stereocenters. The maximum absolute atomic E-state index is 12.1. The van der Waals surface area contributed by atoms with Crippen LogP contribution in [0.5, 0.6) is 11.5 Å². The van der Waals surface area contributed by atoms with Crippen LogP contribution in [0, 0.1) is 6.92 Å². The van der Waals surface area contributed by atoms with Crippen LogP contribution in [0.1, 0.15) is 16.2 Å². The molecule has 0 unspecified atom stereocenters. The standard InChI is InChI=1S/C14H17N5O4S/c1-8-15-14(19-16-8)24-7-12(20)17-18-13(21)9-4-10(22-2)6-11(5-9)23-3/h4-6H,7H2,1-3H3,(H,17,20)(H,18,21)(H,15,16,19). The van der Waals surface area contributed by atoms with Crippen LogP contribution in [-0.2, 0) is 4.79 Å². The van der Waals surface area contributed by atoms with Crippen LogP contribution in [0.2, 0.25) is 0 Å². The van der Waals surface area contributed by atoms with Gasteiger partial charge in [0.1, 0.15) is 17.3 Å². The Bertz CT molecular complexity index is 711. The first-order chi connectivity index (χ1) is 11.5. The van der Waals surface area contributed by atoms with Gasteiger partial charge in [-0.3, -0.25) is 25.5 Å². The summed E-state index contributed by atoms with van der Waals surface area (Å²) in [6, 6.07) is 4.72. The molecule has 0 saturated heterocycles. The van der Waals surface area contributed by atoms with Gasteiger partial charge in [-0.15, -0.1) is 5.10 Å². The normalized spacial score (nSPS) is 10.1. The molecule has 0 bridgehead atoms. The molecule has 1 heterocycles. The van der Waals surface area contributed by atoms with E-state index in [9.17, 15) is 9.59 Å². The lowest BCUT2D eigenvalue weighted by Gasteiger charge is -2.09. The Balaban J connectivity index is 1.87. The Hall–Kier alpha value is -2.75. The summed E-state index contributed by atoms with van der Waals surface area (Å²) in [5.74, 6) is 0.810. The third-order valence-corrected chi connectivity index (χ3v) is 3.69. The lowest BCUT2D eigenvalue weighted by Crippen LogP contribution is -2.42. The molecule has 0 spiro atoms. The van der Waals surface area contributed by atoms with Crippen molar-refractivity contribution in [2.24, 2.45) is 0 Å². The molecule has 0 radical (unpaired) electrons. The average molecular weight is 351 g/mol. The second-order valence-electron chi connectivity index (χ2n) is 4.60. The molecule has 2 amide bonds. The third-order valence-electron chi connectivity index (χ3n) is 2.84. The number of aromatic nitrogens is 3. The van der Waals surface area contributed by atoms with Gasteiger partial charge in [0.15, 0.2) is 0 Å². The van der Waals surface area contributed by atoms with Crippen molar-refractivity contribution < 1.29 is 19.1 Å². The summed E-state index contributed by atoms with van der Waals surface area (Å²) in [5, 5.41) is 7.04. The fourth-order valence-electron chi connectivity index (χ4n) is 1.69. The number of carbonyl (C=O) groups excluding carboxylic acids is 2. The van der Waals surface area contributed by atoms with Gasteiger partial charge in [0.2, 0.25) is 11.1 Å². The molecule has 9 nitrogen and oxygen atoms in total. The third kappa shape index (κ3) is 4.88. The highest BCUT2D eigenvalue weighted by molar-refractivity contribution is 7.99. The number of thioether (sulfide) groups is 1. The van der Waals surface area contributed by atoms with Crippen LogP contribution < -0.4 is 20.3 Å². The van der Waals surface area contributed by atoms with Gasteiger partial charge in [0.25, 0.3) is 5.91 Å². The number of hydrazine groups is 1. The van der Waals surface area contributed by atoms with Crippen molar-refractivity contribution in [1.29, 1.82) is 0 Å². The number of nitrogens with one attached hydrogen (secondary N) is 3. The molecular formula is C14H17N5O4S. The van der Waals surface area contributed by atoms with Crippen LogP contribution >= 0.6 is 11.8 Å². The fourth-order valence-corrected chi connectivity index (χ4v) is 2.33. The fraction of sp³-hybridized carbons (Fsp3) is 0.286. The van der Waals surface area contributed by atoms with E-state index >= 15 is 0 Å². The summed E-state index contributed by atoms with van der Waals surface area (Å²) in [5.41, 5.74) is 4.95. The van der Waals surface area contributed by atoms with E-state index in [0.29, 0.717) is 28.0 Å². The number of amides is 2. The van der Waals surface area contributed by atoms with Crippen molar-refractivity contribution in [2.45, 2.75) is 12.1 Å². The van der Waals surface area contributed by atoms with E-state index in [2.05, 4.69) is 26.0 Å². The number of hydrogen-bond donors (Lipinski definition) is 3. The zero-order chi connectivity index (χ0) is 17.5. The number of hydrogen-bond acceptors (Lipinski definition) is 7. The molecule has 10 heteroatoms. The van der Waals surface area contributed by atoms with Crippen molar-refractivity contribution in [3.63, 3.8) is 0 Å². The number of nitrogens with zero attached hydrogens (tertiary/aromatic N) is 2. The van der Waals surface area contributed by atoms with E-state index in [4.69, 9.17) is 9.47 Å². The first-order valence-corrected chi connectivity index (χ1v) is 7.84. The van der Waals surface area contributed by atoms with Gasteiger partial charge >= 0.3 is 0 Å². The zero-order valence-corrected chi connectivity index (χ0v) is 14.2. The minimum Gasteiger partial charge on any atom is -0.497 e. The van der Waals surface area contributed by atoms with Crippen molar-refractivity contribution in [2.75, 3.05) is 20.0 Å². The first-order valence-electron chi connectivity index (χ1n) is 6.86. The van der Waals surface area contributed by atoms with Gasteiger partial charge < -0.3 is 9.47 Å². The molecule has 1 aromatic carbocycles. The molecule has 24 heavy (non-hydrogen) atoms. The highest BCUT2D eigenvalue weighted by atomic mass is 32.2. The van der Waals surface area contributed by atoms with E-state index in [1.807, 2.05) is 0 Å². The van der Waals surface area contributed by atoms with Crippen molar-refractivity contribution in [3.8, 4) is 11.5 Å². The van der Waals surface area contributed by atoms with Crippen molar-refractivity contribution in [1.82, 2.24) is 26.0 Å². The van der Waals surface area contributed by atoms with Gasteiger partial charge in [0.05, 0.1) is 20.0 Å². The molecular weight excluding hydrogens is 334 g/mol. The second-order valence-corrected chi connectivity index (χ2v) is 5.54. The van der Waals surface area contributed by atoms with Gasteiger partial charge in [0, 0.05) is 11.6 Å². The molecule has 0 aliphatic rings. The predicted octanol–water partition coefficient (Wildman–Crippen LogP) is 0.684. The number of benzene rings is 1. The molecule has 3 N–H and O–H groups in total. The van der Waals surface area contributed by atoms with Crippen LogP contribution in [0.3, 0.4) is 0 Å². The first kappa shape index (κ1) is 17.6. The lowest BCUT2D eigenvalue weighted by molar-refractivity contribution is -0.119. The molecule has 0 fully saturated rings. The molecule has 0 aliphatic carbocycles. The number of aryl methyl sites for hydroxylation is 1.